The molecule has 1 N–H and O–H groups in total. The Morgan fingerprint density at radius 3 is 2.33 bits per heavy atom. The van der Waals surface area contributed by atoms with Gasteiger partial charge in [0.2, 0.25) is 0 Å². The zero-order chi connectivity index (χ0) is 7.11. The fourth-order valence-electron chi connectivity index (χ4n) is 0.591. The fourth-order valence-corrected chi connectivity index (χ4v) is 0.591. The summed E-state index contributed by atoms with van der Waals surface area (Å²) in [7, 11) is 0. The Balaban J connectivity index is 3.19. The SMILES string of the molecule is CCN(CC)CN[C]=O. The second kappa shape index (κ2) is 5.56. The van der Waals surface area contributed by atoms with Crippen molar-refractivity contribution in [1.82, 2.24) is 10.2 Å². The molecule has 0 aromatic rings. The molecule has 0 aromatic carbocycles. The van der Waals surface area contributed by atoms with Crippen molar-refractivity contribution in [3.63, 3.8) is 0 Å². The summed E-state index contributed by atoms with van der Waals surface area (Å²) in [5, 5.41) is 2.47. The van der Waals surface area contributed by atoms with Crippen LogP contribution in [0.2, 0.25) is 0 Å². The lowest BCUT2D eigenvalue weighted by atomic mass is 10.5. The predicted molar refractivity (Wildman–Crippen MR) is 36.6 cm³/mol. The summed E-state index contributed by atoms with van der Waals surface area (Å²) in [5.74, 6) is 0. The van der Waals surface area contributed by atoms with Crippen LogP contribution in [-0.2, 0) is 4.79 Å². The van der Waals surface area contributed by atoms with Crippen LogP contribution in [0.4, 0.5) is 0 Å². The number of carbonyl (C=O) groups excluding carboxylic acids is 1. The zero-order valence-electron chi connectivity index (χ0n) is 5.98. The standard InChI is InChI=1S/C6H13N2O/c1-3-8(4-2)5-7-6-9/h3-5H2,1-2H3,(H,7,9). The van der Waals surface area contributed by atoms with Gasteiger partial charge in [0.25, 0.3) is 0 Å². The molecule has 0 saturated carbocycles. The van der Waals surface area contributed by atoms with Crippen molar-refractivity contribution >= 4 is 6.41 Å². The molecule has 53 valence electrons. The molecular formula is C6H13N2O. The Bertz CT molecular complexity index is 71.5. The number of rotatable bonds is 5. The highest BCUT2D eigenvalue weighted by molar-refractivity contribution is 5.46. The summed E-state index contributed by atoms with van der Waals surface area (Å²) < 4.78 is 0. The molecule has 0 aliphatic rings. The Morgan fingerprint density at radius 2 is 2.00 bits per heavy atom. The molecule has 1 radical (unpaired) electrons. The van der Waals surface area contributed by atoms with Crippen LogP contribution >= 0.6 is 0 Å². The molecule has 0 unspecified atom stereocenters. The van der Waals surface area contributed by atoms with E-state index in [1.807, 2.05) is 0 Å². The monoisotopic (exact) mass is 129 g/mol. The summed E-state index contributed by atoms with van der Waals surface area (Å²) in [4.78, 5) is 11.8. The third-order valence-corrected chi connectivity index (χ3v) is 1.27. The molecule has 0 fully saturated rings. The van der Waals surface area contributed by atoms with Crippen molar-refractivity contribution in [3.05, 3.63) is 0 Å². The topological polar surface area (TPSA) is 32.3 Å². The highest BCUT2D eigenvalue weighted by atomic mass is 16.1. The lowest BCUT2D eigenvalue weighted by Gasteiger charge is -2.15. The Kier molecular flexibility index (Phi) is 5.21. The molecule has 3 heteroatoms. The normalized spacial score (nSPS) is 9.67. The maximum absolute atomic E-state index is 9.68. The maximum Gasteiger partial charge on any atom is 0.310 e. The summed E-state index contributed by atoms with van der Waals surface area (Å²) in [5.41, 5.74) is 0. The smallest absolute Gasteiger partial charge is 0.310 e. The quantitative estimate of drug-likeness (QED) is 0.416. The van der Waals surface area contributed by atoms with Crippen molar-refractivity contribution in [2.24, 2.45) is 0 Å². The second-order valence-corrected chi connectivity index (χ2v) is 1.74. The van der Waals surface area contributed by atoms with E-state index in [4.69, 9.17) is 0 Å². The van der Waals surface area contributed by atoms with Gasteiger partial charge >= 0.3 is 6.41 Å². The molecule has 9 heavy (non-hydrogen) atoms. The second-order valence-electron chi connectivity index (χ2n) is 1.74. The van der Waals surface area contributed by atoms with E-state index in [9.17, 15) is 4.79 Å². The minimum atomic E-state index is 0.608. The number of amides is 1. The van der Waals surface area contributed by atoms with Crippen LogP contribution in [0, 0.1) is 0 Å². The van der Waals surface area contributed by atoms with Crippen molar-refractivity contribution < 1.29 is 4.79 Å². The lowest BCUT2D eigenvalue weighted by Crippen LogP contribution is -2.33. The van der Waals surface area contributed by atoms with E-state index < -0.39 is 0 Å². The third kappa shape index (κ3) is 3.97. The van der Waals surface area contributed by atoms with E-state index in [-0.39, 0.29) is 0 Å². The third-order valence-electron chi connectivity index (χ3n) is 1.27. The highest BCUT2D eigenvalue weighted by Crippen LogP contribution is 1.80. The molecule has 0 bridgehead atoms. The van der Waals surface area contributed by atoms with E-state index in [1.165, 1.54) is 0 Å². The van der Waals surface area contributed by atoms with Gasteiger partial charge in [-0.2, -0.15) is 0 Å². The first-order valence-corrected chi connectivity index (χ1v) is 3.17. The van der Waals surface area contributed by atoms with Gasteiger partial charge in [0, 0.05) is 0 Å². The molecule has 0 aliphatic carbocycles. The van der Waals surface area contributed by atoms with Gasteiger partial charge in [0.1, 0.15) is 0 Å². The fraction of sp³-hybridized carbons (Fsp3) is 0.833. The van der Waals surface area contributed by atoms with Crippen LogP contribution in [-0.4, -0.2) is 31.1 Å². The van der Waals surface area contributed by atoms with Gasteiger partial charge in [0.05, 0.1) is 6.67 Å². The van der Waals surface area contributed by atoms with Gasteiger partial charge in [-0.15, -0.1) is 0 Å². The Hall–Kier alpha value is -0.570. The minimum Gasteiger partial charge on any atom is -0.335 e. The summed E-state index contributed by atoms with van der Waals surface area (Å²) in [6.07, 6.45) is 1.63. The minimum absolute atomic E-state index is 0.608. The van der Waals surface area contributed by atoms with Crippen molar-refractivity contribution in [2.45, 2.75) is 13.8 Å². The molecule has 1 amide bonds. The van der Waals surface area contributed by atoms with Crippen molar-refractivity contribution in [1.29, 1.82) is 0 Å². The Labute approximate surface area is 56.0 Å². The van der Waals surface area contributed by atoms with Gasteiger partial charge in [0.15, 0.2) is 0 Å². The first-order chi connectivity index (χ1) is 4.35. The molecule has 0 aromatic heterocycles. The number of hydrogen-bond donors (Lipinski definition) is 1. The first-order valence-electron chi connectivity index (χ1n) is 3.17. The van der Waals surface area contributed by atoms with Crippen LogP contribution in [0.15, 0.2) is 0 Å². The molecule has 0 atom stereocenters. The average molecular weight is 129 g/mol. The molecule has 0 heterocycles. The van der Waals surface area contributed by atoms with Gasteiger partial charge in [-0.1, -0.05) is 13.8 Å². The largest absolute Gasteiger partial charge is 0.335 e. The highest BCUT2D eigenvalue weighted by Gasteiger charge is 1.94. The number of nitrogens with one attached hydrogen (secondary N) is 1. The molecule has 3 nitrogen and oxygen atoms in total. The molecule has 0 aliphatic heterocycles. The molecule has 0 saturated heterocycles. The number of hydrogen-bond acceptors (Lipinski definition) is 2. The summed E-state index contributed by atoms with van der Waals surface area (Å²) in [6.45, 7) is 6.64. The zero-order valence-corrected chi connectivity index (χ0v) is 5.98. The average Bonchev–Trinajstić information content (AvgIpc) is 1.91. The van der Waals surface area contributed by atoms with Gasteiger partial charge < -0.3 is 5.32 Å². The Morgan fingerprint density at radius 1 is 1.44 bits per heavy atom. The van der Waals surface area contributed by atoms with E-state index in [2.05, 4.69) is 24.1 Å². The van der Waals surface area contributed by atoms with E-state index in [0.29, 0.717) is 6.67 Å². The van der Waals surface area contributed by atoms with Crippen LogP contribution in [0.1, 0.15) is 13.8 Å². The van der Waals surface area contributed by atoms with Crippen LogP contribution < -0.4 is 5.32 Å². The first kappa shape index (κ1) is 8.43. The summed E-state index contributed by atoms with van der Waals surface area (Å²) in [6, 6.07) is 0. The van der Waals surface area contributed by atoms with E-state index in [1.54, 1.807) is 6.41 Å². The van der Waals surface area contributed by atoms with Gasteiger partial charge in [-0.25, -0.2) is 0 Å². The van der Waals surface area contributed by atoms with Gasteiger partial charge in [-0.3, -0.25) is 9.69 Å². The summed E-state index contributed by atoms with van der Waals surface area (Å²) >= 11 is 0. The number of nitrogens with zero attached hydrogens (tertiary/aromatic N) is 1. The lowest BCUT2D eigenvalue weighted by molar-refractivity contribution is 0.296. The molecule has 0 rings (SSSR count). The van der Waals surface area contributed by atoms with Gasteiger partial charge in [-0.05, 0) is 13.1 Å². The van der Waals surface area contributed by atoms with Crippen molar-refractivity contribution in [3.8, 4) is 0 Å². The van der Waals surface area contributed by atoms with E-state index in [0.717, 1.165) is 13.1 Å². The van der Waals surface area contributed by atoms with Crippen LogP contribution in [0.3, 0.4) is 0 Å². The maximum atomic E-state index is 9.68. The molecular weight excluding hydrogens is 116 g/mol. The van der Waals surface area contributed by atoms with Crippen molar-refractivity contribution in [2.75, 3.05) is 19.8 Å². The van der Waals surface area contributed by atoms with E-state index >= 15 is 0 Å². The molecule has 0 spiro atoms. The van der Waals surface area contributed by atoms with Crippen LogP contribution in [0.25, 0.3) is 0 Å². The predicted octanol–water partition coefficient (Wildman–Crippen LogP) is -0.0575. The van der Waals surface area contributed by atoms with Crippen LogP contribution in [0.5, 0.6) is 0 Å².